The first kappa shape index (κ1) is 23.6. The molecule has 3 fully saturated rings. The van der Waals surface area contributed by atoms with E-state index in [0.717, 1.165) is 4.31 Å². The molecule has 2 amide bonds. The molecule has 3 aliphatic rings. The van der Waals surface area contributed by atoms with E-state index in [0.29, 0.717) is 54.8 Å². The number of sulfonamides is 1. The minimum atomic E-state index is -4.02. The Morgan fingerprint density at radius 3 is 2.65 bits per heavy atom. The molecule has 1 unspecified atom stereocenters. The number of nitrogens with one attached hydrogen (secondary N) is 1. The molecule has 2 aromatic rings. The average Bonchev–Trinajstić information content (AvgIpc) is 3.39. The second-order valence-electron chi connectivity index (χ2n) is 9.29. The number of rotatable bonds is 4. The normalized spacial score (nSPS) is 25.3. The molecule has 1 aromatic heterocycles. The van der Waals surface area contributed by atoms with E-state index in [-0.39, 0.29) is 36.5 Å². The van der Waals surface area contributed by atoms with Gasteiger partial charge in [-0.2, -0.15) is 4.31 Å². The maximum Gasteiger partial charge on any atom is 0.259 e. The first-order chi connectivity index (χ1) is 16.1. The summed E-state index contributed by atoms with van der Waals surface area (Å²) < 4.78 is 34.7. The third kappa shape index (κ3) is 3.70. The number of fused-ring (bicyclic) bond motifs is 2. The van der Waals surface area contributed by atoms with Crippen molar-refractivity contribution in [3.8, 4) is 0 Å². The van der Waals surface area contributed by atoms with Gasteiger partial charge in [0.05, 0.1) is 25.2 Å². The highest BCUT2D eigenvalue weighted by molar-refractivity contribution is 7.89. The summed E-state index contributed by atoms with van der Waals surface area (Å²) in [4.78, 5) is 31.6. The Hall–Kier alpha value is -2.18. The van der Waals surface area contributed by atoms with Crippen LogP contribution in [0, 0.1) is 0 Å². The van der Waals surface area contributed by atoms with Crippen LogP contribution in [0.3, 0.4) is 0 Å². The Kier molecular flexibility index (Phi) is 5.68. The topological polar surface area (TPSA) is 129 Å². The van der Waals surface area contributed by atoms with E-state index in [1.54, 1.807) is 23.1 Å². The predicted octanol–water partition coefficient (Wildman–Crippen LogP) is 1.11. The number of amides is 2. The fourth-order valence-corrected chi connectivity index (χ4v) is 6.94. The summed E-state index contributed by atoms with van der Waals surface area (Å²) in [5.41, 5.74) is 4.87. The summed E-state index contributed by atoms with van der Waals surface area (Å²) in [5, 5.41) is 1.14. The Bertz CT molecular complexity index is 1260. The molecule has 184 valence electrons. The van der Waals surface area contributed by atoms with Gasteiger partial charge in [0.1, 0.15) is 5.03 Å². The van der Waals surface area contributed by atoms with E-state index in [4.69, 9.17) is 22.1 Å². The fourth-order valence-electron chi connectivity index (χ4n) is 5.31. The van der Waals surface area contributed by atoms with E-state index in [1.165, 1.54) is 6.07 Å². The lowest BCUT2D eigenvalue weighted by molar-refractivity contribution is -0.178. The fraction of sp³-hybridized carbons (Fsp3) is 0.545. The smallest absolute Gasteiger partial charge is 0.259 e. The van der Waals surface area contributed by atoms with Crippen molar-refractivity contribution in [3.05, 3.63) is 29.3 Å². The number of aromatic amines is 1. The van der Waals surface area contributed by atoms with Gasteiger partial charge in [0, 0.05) is 42.0 Å². The number of H-pyrrole nitrogens is 1. The SMILES string of the molecule is CCC(=O)N1CCC2(CC1)CN1C(=O)CN(S(=O)(=O)c3cc4cc(Cl)ccc4[nH]3)CC1(CN)O2. The number of likely N-dealkylation sites (tertiary alicyclic amines) is 1. The van der Waals surface area contributed by atoms with Crippen molar-refractivity contribution in [1.29, 1.82) is 0 Å². The van der Waals surface area contributed by atoms with Crippen LogP contribution in [-0.2, 0) is 24.3 Å². The highest BCUT2D eigenvalue weighted by Gasteiger charge is 2.60. The zero-order valence-corrected chi connectivity index (χ0v) is 20.5. The van der Waals surface area contributed by atoms with Gasteiger partial charge in [-0.1, -0.05) is 18.5 Å². The van der Waals surface area contributed by atoms with E-state index >= 15 is 0 Å². The molecule has 5 rings (SSSR count). The quantitative estimate of drug-likeness (QED) is 0.635. The molecule has 3 saturated heterocycles. The number of benzene rings is 1. The number of hydrogen-bond acceptors (Lipinski definition) is 6. The van der Waals surface area contributed by atoms with E-state index in [1.807, 2.05) is 11.8 Å². The zero-order valence-electron chi connectivity index (χ0n) is 18.9. The molecule has 3 N–H and O–H groups in total. The summed E-state index contributed by atoms with van der Waals surface area (Å²) >= 11 is 6.04. The molecular weight excluding hydrogens is 482 g/mol. The molecule has 0 saturated carbocycles. The van der Waals surface area contributed by atoms with Crippen LogP contribution in [0.25, 0.3) is 10.9 Å². The largest absolute Gasteiger partial charge is 0.345 e. The monoisotopic (exact) mass is 509 g/mol. The maximum atomic E-state index is 13.5. The molecule has 1 spiro atoms. The van der Waals surface area contributed by atoms with Crippen molar-refractivity contribution in [2.75, 3.05) is 39.3 Å². The molecule has 10 nitrogen and oxygen atoms in total. The van der Waals surface area contributed by atoms with Crippen molar-refractivity contribution >= 4 is 44.3 Å². The van der Waals surface area contributed by atoms with Crippen molar-refractivity contribution < 1.29 is 22.7 Å². The van der Waals surface area contributed by atoms with Gasteiger partial charge in [0.25, 0.3) is 10.0 Å². The molecule has 34 heavy (non-hydrogen) atoms. The van der Waals surface area contributed by atoms with Crippen molar-refractivity contribution in [3.63, 3.8) is 0 Å². The predicted molar refractivity (Wildman–Crippen MR) is 125 cm³/mol. The van der Waals surface area contributed by atoms with Crippen LogP contribution in [0.4, 0.5) is 0 Å². The van der Waals surface area contributed by atoms with Gasteiger partial charge in [-0.05, 0) is 37.1 Å². The number of aromatic nitrogens is 1. The number of carbonyl (C=O) groups is 2. The number of piperidine rings is 1. The second kappa shape index (κ2) is 8.20. The lowest BCUT2D eigenvalue weighted by atomic mass is 9.91. The Balaban J connectivity index is 1.41. The van der Waals surface area contributed by atoms with Crippen LogP contribution in [0.15, 0.2) is 29.3 Å². The van der Waals surface area contributed by atoms with Crippen molar-refractivity contribution in [1.82, 2.24) is 19.1 Å². The van der Waals surface area contributed by atoms with Crippen LogP contribution >= 0.6 is 11.6 Å². The number of nitrogens with two attached hydrogens (primary N) is 1. The lowest BCUT2D eigenvalue weighted by Gasteiger charge is -2.44. The van der Waals surface area contributed by atoms with Gasteiger partial charge in [-0.15, -0.1) is 0 Å². The van der Waals surface area contributed by atoms with Crippen LogP contribution in [0.5, 0.6) is 0 Å². The van der Waals surface area contributed by atoms with Crippen LogP contribution < -0.4 is 5.73 Å². The molecule has 0 aliphatic carbocycles. The molecule has 0 radical (unpaired) electrons. The second-order valence-corrected chi connectivity index (χ2v) is 11.6. The third-order valence-electron chi connectivity index (χ3n) is 7.21. The molecule has 1 aromatic carbocycles. The summed E-state index contributed by atoms with van der Waals surface area (Å²) in [5.74, 6) is -0.254. The Labute approximate surface area is 203 Å². The first-order valence-electron chi connectivity index (χ1n) is 11.4. The molecule has 4 heterocycles. The highest BCUT2D eigenvalue weighted by Crippen LogP contribution is 2.43. The Morgan fingerprint density at radius 1 is 1.24 bits per heavy atom. The standard InChI is InChI=1S/C22H28ClN5O5S/c1-2-19(29)26-7-5-21(6-8-26)13-28-20(30)11-27(14-22(28,12-24)33-21)34(31,32)18-10-15-9-16(23)3-4-17(15)25-18/h3-4,9-10,25H,2,5-8,11-14,24H2,1H3. The molecule has 0 bridgehead atoms. The maximum absolute atomic E-state index is 13.5. The molecule has 12 heteroatoms. The first-order valence-corrected chi connectivity index (χ1v) is 13.2. The molecule has 1 atom stereocenters. The number of ether oxygens (including phenoxy) is 1. The van der Waals surface area contributed by atoms with Gasteiger partial charge in [-0.25, -0.2) is 8.42 Å². The van der Waals surface area contributed by atoms with E-state index < -0.39 is 21.3 Å². The lowest BCUT2D eigenvalue weighted by Crippen LogP contribution is -2.66. The van der Waals surface area contributed by atoms with Gasteiger partial charge < -0.3 is 25.3 Å². The van der Waals surface area contributed by atoms with Crippen molar-refractivity contribution in [2.24, 2.45) is 5.73 Å². The summed E-state index contributed by atoms with van der Waals surface area (Å²) in [6.07, 6.45) is 1.58. The number of carbonyl (C=O) groups excluding carboxylic acids is 2. The van der Waals surface area contributed by atoms with Crippen LogP contribution in [0.1, 0.15) is 26.2 Å². The summed E-state index contributed by atoms with van der Waals surface area (Å²) in [7, 11) is -4.02. The minimum absolute atomic E-state index is 0.0164. The van der Waals surface area contributed by atoms with E-state index in [2.05, 4.69) is 4.98 Å². The van der Waals surface area contributed by atoms with Gasteiger partial charge in [0.2, 0.25) is 11.8 Å². The van der Waals surface area contributed by atoms with Crippen LogP contribution in [0.2, 0.25) is 5.02 Å². The number of hydrogen-bond donors (Lipinski definition) is 2. The Morgan fingerprint density at radius 2 is 1.97 bits per heavy atom. The minimum Gasteiger partial charge on any atom is -0.345 e. The number of halogens is 1. The third-order valence-corrected chi connectivity index (χ3v) is 9.15. The van der Waals surface area contributed by atoms with Crippen molar-refractivity contribution in [2.45, 2.75) is 42.5 Å². The summed E-state index contributed by atoms with van der Waals surface area (Å²) in [6.45, 7) is 2.86. The average molecular weight is 510 g/mol. The van der Waals surface area contributed by atoms with Gasteiger partial charge >= 0.3 is 0 Å². The highest BCUT2D eigenvalue weighted by atomic mass is 35.5. The van der Waals surface area contributed by atoms with Gasteiger partial charge in [-0.3, -0.25) is 9.59 Å². The number of nitrogens with zero attached hydrogens (tertiary/aromatic N) is 3. The summed E-state index contributed by atoms with van der Waals surface area (Å²) in [6, 6.07) is 6.57. The molecular formula is C22H28ClN5O5S. The number of piperazine rings is 1. The molecule has 3 aliphatic heterocycles. The zero-order chi connectivity index (χ0) is 24.3. The van der Waals surface area contributed by atoms with E-state index in [9.17, 15) is 18.0 Å². The van der Waals surface area contributed by atoms with Crippen LogP contribution in [-0.4, -0.2) is 89.9 Å². The van der Waals surface area contributed by atoms with Gasteiger partial charge in [0.15, 0.2) is 5.72 Å².